The van der Waals surface area contributed by atoms with E-state index in [1.54, 1.807) is 0 Å². The fourth-order valence-corrected chi connectivity index (χ4v) is 0.504. The molecule has 0 aromatic carbocycles. The van der Waals surface area contributed by atoms with Crippen LogP contribution >= 0.6 is 0 Å². The summed E-state index contributed by atoms with van der Waals surface area (Å²) < 4.78 is 9.60. The molecule has 0 rings (SSSR count). The summed E-state index contributed by atoms with van der Waals surface area (Å²) in [7, 11) is 0. The zero-order valence-corrected chi connectivity index (χ0v) is 7.21. The van der Waals surface area contributed by atoms with E-state index in [0.717, 1.165) is 0 Å². The van der Waals surface area contributed by atoms with E-state index in [1.165, 1.54) is 0 Å². The second-order valence-corrected chi connectivity index (χ2v) is 2.09. The number of ether oxygens (including phenoxy) is 2. The molecule has 0 amide bonds. The van der Waals surface area contributed by atoms with Gasteiger partial charge in [0, 0.05) is 6.61 Å². The second-order valence-electron chi connectivity index (χ2n) is 2.09. The Bertz CT molecular complexity index is 153. The average molecular weight is 174 g/mol. The predicted molar refractivity (Wildman–Crippen MR) is 43.7 cm³/mol. The lowest BCUT2D eigenvalue weighted by molar-refractivity contribution is -0.140. The number of hydrogen-bond acceptors (Lipinski definition) is 4. The fourth-order valence-electron chi connectivity index (χ4n) is 0.504. The van der Waals surface area contributed by atoms with Gasteiger partial charge >= 0.3 is 5.97 Å². The normalized spacial score (nSPS) is 9.50. The molecule has 0 aliphatic heterocycles. The summed E-state index contributed by atoms with van der Waals surface area (Å²) in [6.07, 6.45) is 0. The molecule has 70 valence electrons. The Kier molecular flexibility index (Phi) is 6.32. The molecule has 4 nitrogen and oxygen atoms in total. The molecular weight excluding hydrogens is 160 g/mol. The molecule has 0 radical (unpaired) electrons. The van der Waals surface area contributed by atoms with Crippen LogP contribution in [0.1, 0.15) is 6.92 Å². The smallest absolute Gasteiger partial charge is 0.335 e. The van der Waals surface area contributed by atoms with Crippen LogP contribution < -0.4 is 0 Å². The van der Waals surface area contributed by atoms with Gasteiger partial charge < -0.3 is 14.6 Å². The molecule has 1 N–H and O–H groups in total. The first-order valence-electron chi connectivity index (χ1n) is 3.75. The van der Waals surface area contributed by atoms with Crippen LogP contribution in [0.4, 0.5) is 0 Å². The minimum atomic E-state index is -0.572. The van der Waals surface area contributed by atoms with Crippen molar-refractivity contribution >= 4 is 5.97 Å². The van der Waals surface area contributed by atoms with Gasteiger partial charge in [0.2, 0.25) is 0 Å². The summed E-state index contributed by atoms with van der Waals surface area (Å²) in [4.78, 5) is 10.8. The largest absolute Gasteiger partial charge is 0.460 e. The first-order chi connectivity index (χ1) is 5.72. The van der Waals surface area contributed by atoms with Crippen LogP contribution in [0.2, 0.25) is 0 Å². The molecule has 4 heteroatoms. The number of esters is 1. The van der Waals surface area contributed by atoms with Gasteiger partial charge in [-0.15, -0.1) is 0 Å². The summed E-state index contributed by atoms with van der Waals surface area (Å²) in [5.74, 6) is -0.572. The zero-order valence-electron chi connectivity index (χ0n) is 7.21. The van der Waals surface area contributed by atoms with Crippen LogP contribution in [0, 0.1) is 0 Å². The van der Waals surface area contributed by atoms with Crippen LogP contribution in [0.25, 0.3) is 0 Å². The molecule has 0 unspecified atom stereocenters. The van der Waals surface area contributed by atoms with Gasteiger partial charge in [-0.2, -0.15) is 0 Å². The molecule has 0 aliphatic carbocycles. The van der Waals surface area contributed by atoms with Crippen molar-refractivity contribution in [1.29, 1.82) is 0 Å². The van der Waals surface area contributed by atoms with Crippen molar-refractivity contribution < 1.29 is 19.4 Å². The molecule has 12 heavy (non-hydrogen) atoms. The van der Waals surface area contributed by atoms with Gasteiger partial charge in [-0.3, -0.25) is 0 Å². The van der Waals surface area contributed by atoms with E-state index >= 15 is 0 Å². The van der Waals surface area contributed by atoms with E-state index in [1.807, 2.05) is 6.92 Å². The van der Waals surface area contributed by atoms with E-state index < -0.39 is 5.97 Å². The standard InChI is InChI=1S/C8H14O4/c1-3-11-4-5-12-8(10)7(2)6-9/h9H,2-6H2,1H3. The Labute approximate surface area is 71.8 Å². The summed E-state index contributed by atoms with van der Waals surface area (Å²) in [5.41, 5.74) is 0.0616. The molecule has 0 heterocycles. The number of carbonyl (C=O) groups excluding carboxylic acids is 1. The van der Waals surface area contributed by atoms with E-state index in [4.69, 9.17) is 9.84 Å². The first kappa shape index (κ1) is 11.1. The lowest BCUT2D eigenvalue weighted by Crippen LogP contribution is -2.13. The van der Waals surface area contributed by atoms with Crippen LogP contribution in [0.5, 0.6) is 0 Å². The van der Waals surface area contributed by atoms with Gasteiger partial charge in [0.15, 0.2) is 0 Å². The minimum Gasteiger partial charge on any atom is -0.460 e. The molecule has 0 saturated heterocycles. The van der Waals surface area contributed by atoms with Gasteiger partial charge in [-0.05, 0) is 6.92 Å². The summed E-state index contributed by atoms with van der Waals surface area (Å²) in [5, 5.41) is 8.48. The van der Waals surface area contributed by atoms with E-state index in [9.17, 15) is 4.79 Å². The van der Waals surface area contributed by atoms with Crippen molar-refractivity contribution in [2.24, 2.45) is 0 Å². The van der Waals surface area contributed by atoms with Crippen molar-refractivity contribution in [1.82, 2.24) is 0 Å². The molecule has 0 bridgehead atoms. The highest BCUT2D eigenvalue weighted by Crippen LogP contribution is 1.92. The summed E-state index contributed by atoms with van der Waals surface area (Å²) >= 11 is 0. The van der Waals surface area contributed by atoms with Gasteiger partial charge in [0.1, 0.15) is 6.61 Å². The third-order valence-electron chi connectivity index (χ3n) is 1.14. The van der Waals surface area contributed by atoms with E-state index in [-0.39, 0.29) is 18.8 Å². The summed E-state index contributed by atoms with van der Waals surface area (Å²) in [6.45, 7) is 5.97. The van der Waals surface area contributed by atoms with Crippen LogP contribution in [-0.2, 0) is 14.3 Å². The fraction of sp³-hybridized carbons (Fsp3) is 0.625. The van der Waals surface area contributed by atoms with Crippen molar-refractivity contribution in [2.45, 2.75) is 6.92 Å². The zero-order chi connectivity index (χ0) is 9.40. The summed E-state index contributed by atoms with van der Waals surface area (Å²) in [6, 6.07) is 0. The number of rotatable bonds is 6. The Hall–Kier alpha value is -0.870. The molecule has 0 spiro atoms. The Morgan fingerprint density at radius 3 is 2.67 bits per heavy atom. The maximum atomic E-state index is 10.8. The van der Waals surface area contributed by atoms with Crippen LogP contribution in [0.15, 0.2) is 12.2 Å². The number of aliphatic hydroxyl groups excluding tert-OH is 1. The Morgan fingerprint density at radius 1 is 1.50 bits per heavy atom. The molecule has 0 aromatic heterocycles. The monoisotopic (exact) mass is 174 g/mol. The molecular formula is C8H14O4. The molecule has 0 aromatic rings. The predicted octanol–water partition coefficient (Wildman–Crippen LogP) is 0.115. The molecule has 0 saturated carbocycles. The van der Waals surface area contributed by atoms with Crippen molar-refractivity contribution in [2.75, 3.05) is 26.4 Å². The Balaban J connectivity index is 3.38. The lowest BCUT2D eigenvalue weighted by Gasteiger charge is -2.04. The van der Waals surface area contributed by atoms with Crippen molar-refractivity contribution in [3.63, 3.8) is 0 Å². The van der Waals surface area contributed by atoms with Gasteiger partial charge in [-0.1, -0.05) is 6.58 Å². The van der Waals surface area contributed by atoms with E-state index in [2.05, 4.69) is 11.3 Å². The average Bonchev–Trinajstić information content (AvgIpc) is 2.10. The number of aliphatic hydroxyl groups is 1. The van der Waals surface area contributed by atoms with Gasteiger partial charge in [0.05, 0.1) is 18.8 Å². The van der Waals surface area contributed by atoms with E-state index in [0.29, 0.717) is 13.2 Å². The topological polar surface area (TPSA) is 55.8 Å². The Morgan fingerprint density at radius 2 is 2.17 bits per heavy atom. The van der Waals surface area contributed by atoms with Gasteiger partial charge in [0.25, 0.3) is 0 Å². The quantitative estimate of drug-likeness (QED) is 0.353. The lowest BCUT2D eigenvalue weighted by atomic mass is 10.3. The number of hydrogen-bond donors (Lipinski definition) is 1. The minimum absolute atomic E-state index is 0.0616. The van der Waals surface area contributed by atoms with Crippen LogP contribution in [0.3, 0.4) is 0 Å². The highest BCUT2D eigenvalue weighted by molar-refractivity contribution is 5.87. The van der Waals surface area contributed by atoms with Gasteiger partial charge in [-0.25, -0.2) is 4.79 Å². The highest BCUT2D eigenvalue weighted by Gasteiger charge is 2.05. The van der Waals surface area contributed by atoms with Crippen LogP contribution in [-0.4, -0.2) is 37.5 Å². The van der Waals surface area contributed by atoms with Crippen molar-refractivity contribution in [3.05, 3.63) is 12.2 Å². The third-order valence-corrected chi connectivity index (χ3v) is 1.14. The first-order valence-corrected chi connectivity index (χ1v) is 3.75. The molecule has 0 fully saturated rings. The molecule has 0 aliphatic rings. The third kappa shape index (κ3) is 4.87. The van der Waals surface area contributed by atoms with Crippen molar-refractivity contribution in [3.8, 4) is 0 Å². The maximum absolute atomic E-state index is 10.8. The number of carbonyl (C=O) groups is 1. The maximum Gasteiger partial charge on any atom is 0.335 e. The second kappa shape index (κ2) is 6.82. The highest BCUT2D eigenvalue weighted by atomic mass is 16.6. The molecule has 0 atom stereocenters. The SMILES string of the molecule is C=C(CO)C(=O)OCCOCC.